The summed E-state index contributed by atoms with van der Waals surface area (Å²) in [6.45, 7) is 0.727. The van der Waals surface area contributed by atoms with Crippen LogP contribution in [0.25, 0.3) is 10.8 Å². The number of hydrogen-bond donors (Lipinski definition) is 2. The van der Waals surface area contributed by atoms with Gasteiger partial charge in [0.2, 0.25) is 16.6 Å². The van der Waals surface area contributed by atoms with Crippen LogP contribution in [-0.2, 0) is 25.8 Å². The standard InChI is InChI=1S/C30H30N4O7/c35-26-19-10-2-1-9-18(19)17-24(26)31-15-7-5-13-22-29(38)40-41-30(39)23(34-33-22)14-6-8-16-32-25-27(36)20-11-3-4-12-21(20)28(25)37/h1-4,9-12,22-23,33-34H,5-8,13-17H2/t22?,23-/m0/s1. The van der Waals surface area contributed by atoms with Gasteiger partial charge in [-0.05, 0) is 44.1 Å². The number of nitrogens with zero attached hydrogens (tertiary/aromatic N) is 2. The average Bonchev–Trinajstić information content (AvgIpc) is 3.43. The topological polar surface area (TPSA) is 153 Å². The minimum atomic E-state index is -0.765. The number of ketones is 1. The first-order valence-electron chi connectivity index (χ1n) is 13.8. The molecule has 0 bridgehead atoms. The molecule has 1 aliphatic carbocycles. The second-order valence-electron chi connectivity index (χ2n) is 10.1. The highest BCUT2D eigenvalue weighted by Gasteiger charge is 2.30. The number of nitrogens with one attached hydrogen (secondary N) is 2. The minimum Gasteiger partial charge on any atom is -0.287 e. The molecule has 2 N–H and O–H groups in total. The highest BCUT2D eigenvalue weighted by atomic mass is 17.2. The molecule has 1 heterocycles. The Morgan fingerprint density at radius 1 is 0.683 bits per heavy atom. The van der Waals surface area contributed by atoms with Gasteiger partial charge < -0.3 is 0 Å². The summed E-state index contributed by atoms with van der Waals surface area (Å²) >= 11 is 0. The van der Waals surface area contributed by atoms with Crippen LogP contribution in [0.4, 0.5) is 0 Å². The number of carbonyl (C=O) groups is 3. The lowest BCUT2D eigenvalue weighted by Gasteiger charge is -2.24. The maximum atomic E-state index is 12.4. The second kappa shape index (κ2) is 12.9. The molecule has 1 unspecified atom stereocenters. The fourth-order valence-corrected chi connectivity index (χ4v) is 5.04. The zero-order valence-electron chi connectivity index (χ0n) is 22.4. The van der Waals surface area contributed by atoms with Gasteiger partial charge in [-0.1, -0.05) is 48.5 Å². The third-order valence-corrected chi connectivity index (χ3v) is 7.31. The summed E-state index contributed by atoms with van der Waals surface area (Å²) in [6.07, 6.45) is 3.69. The van der Waals surface area contributed by atoms with Crippen molar-refractivity contribution in [3.63, 3.8) is 0 Å². The van der Waals surface area contributed by atoms with Crippen molar-refractivity contribution in [2.45, 2.75) is 57.0 Å². The average molecular weight is 559 g/mol. The number of unbranched alkanes of at least 4 members (excludes halogenated alkanes) is 2. The van der Waals surface area contributed by atoms with E-state index in [1.165, 1.54) is 0 Å². The molecule has 0 spiro atoms. The number of carbonyl (C=O) groups excluding carboxylic acids is 3. The lowest BCUT2D eigenvalue weighted by molar-refractivity contribution is -0.265. The SMILES string of the molecule is O=C1C(=NCCCCC2NN[C@@H](CCCCN=c3c(=O)c4ccccc4c3=O)C(=O)OOC2=O)Cc2ccccc21. The molecule has 212 valence electrons. The van der Waals surface area contributed by atoms with E-state index in [9.17, 15) is 24.0 Å². The number of hydrazine groups is 1. The van der Waals surface area contributed by atoms with Crippen LogP contribution in [0.1, 0.15) is 54.4 Å². The smallest absolute Gasteiger partial charge is 0.287 e. The zero-order chi connectivity index (χ0) is 28.8. The van der Waals surface area contributed by atoms with Gasteiger partial charge in [-0.15, -0.1) is 0 Å². The van der Waals surface area contributed by atoms with Crippen molar-refractivity contribution in [1.29, 1.82) is 0 Å². The molecule has 0 aromatic heterocycles. The van der Waals surface area contributed by atoms with Gasteiger partial charge in [-0.3, -0.25) is 24.4 Å². The van der Waals surface area contributed by atoms with Crippen LogP contribution in [0.2, 0.25) is 0 Å². The maximum Gasteiger partial charge on any atom is 0.373 e. The van der Waals surface area contributed by atoms with Crippen molar-refractivity contribution in [2.24, 2.45) is 9.98 Å². The fourth-order valence-electron chi connectivity index (χ4n) is 5.04. The van der Waals surface area contributed by atoms with E-state index in [0.29, 0.717) is 73.5 Å². The quantitative estimate of drug-likeness (QED) is 0.278. The van der Waals surface area contributed by atoms with Crippen LogP contribution < -0.4 is 27.1 Å². The molecule has 1 aliphatic heterocycles. The number of aliphatic imine (C=N–C) groups is 1. The molecule has 5 rings (SSSR count). The van der Waals surface area contributed by atoms with Crippen LogP contribution in [0.15, 0.2) is 68.1 Å². The molecule has 41 heavy (non-hydrogen) atoms. The second-order valence-corrected chi connectivity index (χ2v) is 10.1. The monoisotopic (exact) mass is 558 g/mol. The number of rotatable bonds is 10. The Hall–Kier alpha value is -4.35. The molecular weight excluding hydrogens is 528 g/mol. The number of benzene rings is 2. The van der Waals surface area contributed by atoms with E-state index >= 15 is 0 Å². The van der Waals surface area contributed by atoms with Crippen molar-refractivity contribution >= 4 is 34.2 Å². The highest BCUT2D eigenvalue weighted by molar-refractivity contribution is 6.49. The summed E-state index contributed by atoms with van der Waals surface area (Å²) in [7, 11) is 0. The van der Waals surface area contributed by atoms with Gasteiger partial charge in [-0.2, -0.15) is 0 Å². The number of Topliss-reactive ketones (excluding diaryl/α,β-unsaturated/α-hetero) is 1. The number of hydrogen-bond acceptors (Lipinski definition) is 11. The first-order valence-corrected chi connectivity index (χ1v) is 13.8. The first kappa shape index (κ1) is 28.2. The van der Waals surface area contributed by atoms with Crippen LogP contribution in [0.5, 0.6) is 0 Å². The van der Waals surface area contributed by atoms with Crippen LogP contribution in [0.3, 0.4) is 0 Å². The molecule has 0 amide bonds. The zero-order valence-corrected chi connectivity index (χ0v) is 22.4. The van der Waals surface area contributed by atoms with Crippen molar-refractivity contribution in [2.75, 3.05) is 13.1 Å². The summed E-state index contributed by atoms with van der Waals surface area (Å²) in [5, 5.41) is 0.685. The Kier molecular flexibility index (Phi) is 8.85. The van der Waals surface area contributed by atoms with Crippen molar-refractivity contribution < 1.29 is 24.2 Å². The molecule has 3 aromatic rings. The molecule has 1 fully saturated rings. The molecule has 3 aromatic carbocycles. The summed E-state index contributed by atoms with van der Waals surface area (Å²) in [5.41, 5.74) is 7.28. The predicted octanol–water partition coefficient (Wildman–Crippen LogP) is 1.40. The van der Waals surface area contributed by atoms with E-state index < -0.39 is 24.0 Å². The van der Waals surface area contributed by atoms with Crippen LogP contribution in [-0.4, -0.2) is 48.6 Å². The lowest BCUT2D eigenvalue weighted by Crippen LogP contribution is -2.55. The van der Waals surface area contributed by atoms with E-state index in [2.05, 4.69) is 20.8 Å². The van der Waals surface area contributed by atoms with E-state index in [1.807, 2.05) is 24.3 Å². The molecule has 0 saturated carbocycles. The number of fused-ring (bicyclic) bond motifs is 2. The third-order valence-electron chi connectivity index (χ3n) is 7.31. The Balaban J connectivity index is 1.06. The Morgan fingerprint density at radius 3 is 1.80 bits per heavy atom. The van der Waals surface area contributed by atoms with Crippen molar-refractivity contribution in [3.05, 3.63) is 85.5 Å². The molecule has 11 nitrogen and oxygen atoms in total. The van der Waals surface area contributed by atoms with Gasteiger partial charge in [0.25, 0.3) is 0 Å². The van der Waals surface area contributed by atoms with Crippen molar-refractivity contribution in [3.8, 4) is 0 Å². The summed E-state index contributed by atoms with van der Waals surface area (Å²) < 4.78 is 0. The summed E-state index contributed by atoms with van der Waals surface area (Å²) in [5.74, 6) is -1.47. The van der Waals surface area contributed by atoms with E-state index in [1.54, 1.807) is 24.3 Å². The molecular formula is C30H30N4O7. The van der Waals surface area contributed by atoms with Crippen LogP contribution >= 0.6 is 0 Å². The van der Waals surface area contributed by atoms with Gasteiger partial charge in [-0.25, -0.2) is 30.2 Å². The molecule has 11 heteroatoms. The molecule has 0 radical (unpaired) electrons. The van der Waals surface area contributed by atoms with Gasteiger partial charge in [0.15, 0.2) is 5.36 Å². The summed E-state index contributed by atoms with van der Waals surface area (Å²) in [6, 6.07) is 12.6. The normalized spacial score (nSPS) is 20.0. The molecule has 2 atom stereocenters. The fraction of sp³-hybridized carbons (Fsp3) is 0.367. The highest BCUT2D eigenvalue weighted by Crippen LogP contribution is 2.20. The van der Waals surface area contributed by atoms with Crippen LogP contribution in [0, 0.1) is 0 Å². The van der Waals surface area contributed by atoms with Crippen molar-refractivity contribution in [1.82, 2.24) is 10.9 Å². The van der Waals surface area contributed by atoms with E-state index in [0.717, 1.165) is 5.56 Å². The van der Waals surface area contributed by atoms with Gasteiger partial charge in [0.1, 0.15) is 12.1 Å². The third kappa shape index (κ3) is 6.36. The maximum absolute atomic E-state index is 12.4. The van der Waals surface area contributed by atoms with Gasteiger partial charge in [0.05, 0.1) is 5.71 Å². The van der Waals surface area contributed by atoms with Gasteiger partial charge >= 0.3 is 11.9 Å². The Morgan fingerprint density at radius 2 is 1.22 bits per heavy atom. The van der Waals surface area contributed by atoms with E-state index in [-0.39, 0.29) is 28.5 Å². The predicted molar refractivity (Wildman–Crippen MR) is 150 cm³/mol. The lowest BCUT2D eigenvalue weighted by atomic mass is 10.1. The first-order chi connectivity index (χ1) is 19.9. The molecule has 2 aliphatic rings. The largest absolute Gasteiger partial charge is 0.373 e. The summed E-state index contributed by atoms with van der Waals surface area (Å²) in [4.78, 5) is 79.9. The van der Waals surface area contributed by atoms with Gasteiger partial charge in [0, 0.05) is 35.8 Å². The minimum absolute atomic E-state index is 0.0265. The van der Waals surface area contributed by atoms with E-state index in [4.69, 9.17) is 9.78 Å². The Bertz CT molecular complexity index is 1600. The Labute approximate surface area is 234 Å². The molecule has 1 saturated heterocycles.